The normalized spacial score (nSPS) is 15.5. The quantitative estimate of drug-likeness (QED) is 0.752. The highest BCUT2D eigenvalue weighted by Gasteiger charge is 2.11. The molecule has 0 bridgehead atoms. The van der Waals surface area contributed by atoms with Crippen molar-refractivity contribution in [3.05, 3.63) is 35.7 Å². The van der Waals surface area contributed by atoms with Crippen LogP contribution in [0.15, 0.2) is 29.5 Å². The molecule has 2 heterocycles. The highest BCUT2D eigenvalue weighted by atomic mass is 16.5. The van der Waals surface area contributed by atoms with E-state index < -0.39 is 0 Å². The number of hydrogen-bond donors (Lipinski definition) is 1. The van der Waals surface area contributed by atoms with Crippen LogP contribution in [0.1, 0.15) is 11.3 Å². The van der Waals surface area contributed by atoms with E-state index in [-0.39, 0.29) is 0 Å². The molecule has 140 valence electrons. The minimum Gasteiger partial charge on any atom is -0.493 e. The van der Waals surface area contributed by atoms with Crippen LogP contribution < -0.4 is 15.2 Å². The van der Waals surface area contributed by atoms with Gasteiger partial charge in [0.15, 0.2) is 11.5 Å². The highest BCUT2D eigenvalue weighted by Crippen LogP contribution is 2.27. The monoisotopic (exact) mass is 359 g/mol. The van der Waals surface area contributed by atoms with Crippen LogP contribution in [0.2, 0.25) is 0 Å². The smallest absolute Gasteiger partial charge is 0.221 e. The largest absolute Gasteiger partial charge is 0.493 e. The Kier molecular flexibility index (Phi) is 6.08. The number of aromatic nitrogens is 2. The average molecular weight is 359 g/mol. The number of ether oxygens (including phenoxy) is 3. The molecule has 0 saturated carbocycles. The second kappa shape index (κ2) is 8.68. The molecule has 1 aromatic heterocycles. The lowest BCUT2D eigenvalue weighted by molar-refractivity contribution is 0.0321. The van der Waals surface area contributed by atoms with Gasteiger partial charge in [-0.3, -0.25) is 4.90 Å². The summed E-state index contributed by atoms with van der Waals surface area (Å²) in [6, 6.07) is 5.70. The summed E-state index contributed by atoms with van der Waals surface area (Å²) < 4.78 is 18.2. The molecule has 3 rings (SSSR count). The predicted octanol–water partition coefficient (Wildman–Crippen LogP) is 1.38. The molecular weight excluding hydrogens is 334 g/mol. The van der Waals surface area contributed by atoms with Crippen molar-refractivity contribution >= 4 is 12.2 Å². The molecule has 0 aliphatic carbocycles. The fourth-order valence-electron chi connectivity index (χ4n) is 2.72. The second-order valence-electron chi connectivity index (χ2n) is 6.04. The van der Waals surface area contributed by atoms with Crippen molar-refractivity contribution in [3.63, 3.8) is 0 Å². The van der Waals surface area contributed by atoms with Gasteiger partial charge in [-0.2, -0.15) is 5.10 Å². The molecule has 0 amide bonds. The Morgan fingerprint density at radius 3 is 2.81 bits per heavy atom. The molecule has 1 aromatic carbocycles. The van der Waals surface area contributed by atoms with Gasteiger partial charge >= 0.3 is 0 Å². The summed E-state index contributed by atoms with van der Waals surface area (Å²) in [5.41, 5.74) is 7.49. The van der Waals surface area contributed by atoms with Gasteiger partial charge < -0.3 is 19.9 Å². The molecule has 8 heteroatoms. The number of benzene rings is 1. The number of aryl methyl sites for hydroxylation is 1. The lowest BCUT2D eigenvalue weighted by atomic mass is 10.2. The van der Waals surface area contributed by atoms with E-state index in [2.05, 4.69) is 15.0 Å². The van der Waals surface area contributed by atoms with Gasteiger partial charge in [-0.05, 0) is 30.7 Å². The molecule has 0 radical (unpaired) electrons. The number of anilines is 1. The number of hydrogen-bond acceptors (Lipinski definition) is 7. The van der Waals surface area contributed by atoms with Gasteiger partial charge in [-0.25, -0.2) is 9.66 Å². The second-order valence-corrected chi connectivity index (χ2v) is 6.04. The van der Waals surface area contributed by atoms with Crippen LogP contribution in [0, 0.1) is 6.92 Å². The van der Waals surface area contributed by atoms with Crippen LogP contribution in [0.25, 0.3) is 0 Å². The first-order valence-electron chi connectivity index (χ1n) is 8.62. The van der Waals surface area contributed by atoms with Crippen molar-refractivity contribution in [1.82, 2.24) is 14.6 Å². The third-order valence-electron chi connectivity index (χ3n) is 4.12. The van der Waals surface area contributed by atoms with Crippen LogP contribution in [0.5, 0.6) is 11.5 Å². The number of nitrogens with two attached hydrogens (primary N) is 1. The maximum atomic E-state index is 5.88. The molecule has 1 aliphatic heterocycles. The number of nitrogen functional groups attached to an aromatic ring is 1. The molecule has 1 fully saturated rings. The van der Waals surface area contributed by atoms with Gasteiger partial charge in [0, 0.05) is 19.6 Å². The highest BCUT2D eigenvalue weighted by molar-refractivity contribution is 5.81. The summed E-state index contributed by atoms with van der Waals surface area (Å²) in [7, 11) is 1.63. The number of imidazole rings is 1. The van der Waals surface area contributed by atoms with E-state index in [1.165, 1.54) is 4.68 Å². The van der Waals surface area contributed by atoms with E-state index in [9.17, 15) is 0 Å². The van der Waals surface area contributed by atoms with Crippen molar-refractivity contribution in [1.29, 1.82) is 0 Å². The van der Waals surface area contributed by atoms with Crippen LogP contribution in [-0.2, 0) is 4.74 Å². The van der Waals surface area contributed by atoms with Crippen LogP contribution in [0.3, 0.4) is 0 Å². The lowest BCUT2D eigenvalue weighted by Crippen LogP contribution is -2.38. The van der Waals surface area contributed by atoms with Gasteiger partial charge in [0.25, 0.3) is 0 Å². The third-order valence-corrected chi connectivity index (χ3v) is 4.12. The van der Waals surface area contributed by atoms with Crippen LogP contribution >= 0.6 is 0 Å². The van der Waals surface area contributed by atoms with Crippen molar-refractivity contribution in [2.45, 2.75) is 6.92 Å². The van der Waals surface area contributed by atoms with Crippen molar-refractivity contribution in [3.8, 4) is 11.5 Å². The average Bonchev–Trinajstić information content (AvgIpc) is 2.98. The molecule has 2 aromatic rings. The Morgan fingerprint density at radius 1 is 1.31 bits per heavy atom. The molecule has 0 spiro atoms. The Balaban J connectivity index is 1.60. The Hall–Kier alpha value is -2.58. The Bertz CT molecular complexity index is 753. The molecule has 0 unspecified atom stereocenters. The fraction of sp³-hybridized carbons (Fsp3) is 0.444. The minimum absolute atomic E-state index is 0.355. The van der Waals surface area contributed by atoms with E-state index in [0.717, 1.165) is 49.9 Å². The van der Waals surface area contributed by atoms with Crippen LogP contribution in [0.4, 0.5) is 5.95 Å². The number of rotatable bonds is 7. The van der Waals surface area contributed by atoms with Gasteiger partial charge in [0.05, 0.1) is 38.4 Å². The van der Waals surface area contributed by atoms with Crippen molar-refractivity contribution in [2.75, 3.05) is 52.3 Å². The first kappa shape index (κ1) is 18.2. The molecule has 1 aliphatic rings. The summed E-state index contributed by atoms with van der Waals surface area (Å²) >= 11 is 0. The molecule has 0 atom stereocenters. The molecule has 1 saturated heterocycles. The first-order chi connectivity index (χ1) is 12.7. The third kappa shape index (κ3) is 4.74. The standard InChI is InChI=1S/C18H25N5O3/c1-14-13-23(18(19)21-14)20-12-15-3-4-16(17(11-15)24-2)26-10-7-22-5-8-25-9-6-22/h3-4,11-13H,5-10H2,1-2H3,(H2,19,21). The Labute approximate surface area is 153 Å². The summed E-state index contributed by atoms with van der Waals surface area (Å²) in [6.45, 7) is 6.83. The van der Waals surface area contributed by atoms with E-state index in [4.69, 9.17) is 19.9 Å². The summed E-state index contributed by atoms with van der Waals surface area (Å²) in [5.74, 6) is 1.75. The van der Waals surface area contributed by atoms with E-state index >= 15 is 0 Å². The number of methoxy groups -OCH3 is 1. The lowest BCUT2D eigenvalue weighted by Gasteiger charge is -2.26. The predicted molar refractivity (Wildman–Crippen MR) is 100 cm³/mol. The SMILES string of the molecule is COc1cc(C=Nn2cc(C)nc2N)ccc1OCCN1CCOCC1. The number of nitrogens with zero attached hydrogens (tertiary/aromatic N) is 4. The van der Waals surface area contributed by atoms with E-state index in [0.29, 0.717) is 18.3 Å². The first-order valence-corrected chi connectivity index (χ1v) is 8.62. The van der Waals surface area contributed by atoms with E-state index in [1.54, 1.807) is 19.5 Å². The molecular formula is C18H25N5O3. The maximum absolute atomic E-state index is 5.88. The number of morpholine rings is 1. The van der Waals surface area contributed by atoms with Gasteiger partial charge in [-0.15, -0.1) is 0 Å². The van der Waals surface area contributed by atoms with E-state index in [1.807, 2.05) is 25.1 Å². The molecule has 2 N–H and O–H groups in total. The minimum atomic E-state index is 0.355. The molecule has 26 heavy (non-hydrogen) atoms. The van der Waals surface area contributed by atoms with Crippen LogP contribution in [-0.4, -0.2) is 67.3 Å². The van der Waals surface area contributed by atoms with Gasteiger partial charge in [0.1, 0.15) is 6.61 Å². The topological polar surface area (TPSA) is 87.1 Å². The summed E-state index contributed by atoms with van der Waals surface area (Å²) in [6.07, 6.45) is 3.48. The van der Waals surface area contributed by atoms with Gasteiger partial charge in [-0.1, -0.05) is 0 Å². The Morgan fingerprint density at radius 2 is 2.12 bits per heavy atom. The summed E-state index contributed by atoms with van der Waals surface area (Å²) in [4.78, 5) is 6.44. The summed E-state index contributed by atoms with van der Waals surface area (Å²) in [5, 5.41) is 4.31. The zero-order valence-corrected chi connectivity index (χ0v) is 15.2. The zero-order valence-electron chi connectivity index (χ0n) is 15.2. The molecule has 8 nitrogen and oxygen atoms in total. The van der Waals surface area contributed by atoms with Crippen molar-refractivity contribution in [2.24, 2.45) is 5.10 Å². The maximum Gasteiger partial charge on any atom is 0.221 e. The fourth-order valence-corrected chi connectivity index (χ4v) is 2.72. The van der Waals surface area contributed by atoms with Crippen molar-refractivity contribution < 1.29 is 14.2 Å². The van der Waals surface area contributed by atoms with Gasteiger partial charge in [0.2, 0.25) is 5.95 Å². The zero-order chi connectivity index (χ0) is 18.4.